The van der Waals surface area contributed by atoms with Crippen LogP contribution in [0, 0.1) is 5.41 Å². The molecule has 2 atom stereocenters. The van der Waals surface area contributed by atoms with Gasteiger partial charge in [-0.1, -0.05) is 6.07 Å². The summed E-state index contributed by atoms with van der Waals surface area (Å²) in [6.07, 6.45) is 3.89. The fourth-order valence-corrected chi connectivity index (χ4v) is 3.49. The van der Waals surface area contributed by atoms with Gasteiger partial charge in [-0.3, -0.25) is 19.7 Å². The van der Waals surface area contributed by atoms with Gasteiger partial charge in [0.15, 0.2) is 0 Å². The molecule has 2 bridgehead atoms. The first kappa shape index (κ1) is 18.2. The van der Waals surface area contributed by atoms with Crippen LogP contribution < -0.4 is 5.32 Å². The van der Waals surface area contributed by atoms with Crippen molar-refractivity contribution in [2.45, 2.75) is 31.3 Å². The molecule has 2 aliphatic rings. The van der Waals surface area contributed by atoms with Gasteiger partial charge >= 0.3 is 16.4 Å². The van der Waals surface area contributed by atoms with E-state index >= 15 is 0 Å². The van der Waals surface area contributed by atoms with E-state index in [1.165, 1.54) is 4.90 Å². The van der Waals surface area contributed by atoms with Gasteiger partial charge in [0.1, 0.15) is 5.84 Å². The van der Waals surface area contributed by atoms with Crippen LogP contribution in [0.15, 0.2) is 24.5 Å². The molecule has 3 N–H and O–H groups in total. The second-order valence-electron chi connectivity index (χ2n) is 6.01. The monoisotopic (exact) mass is 383 g/mol. The number of nitrogens with one attached hydrogen (secondary N) is 2. The molecule has 26 heavy (non-hydrogen) atoms. The van der Waals surface area contributed by atoms with Crippen molar-refractivity contribution in [3.05, 3.63) is 30.1 Å². The molecule has 0 spiro atoms. The first-order chi connectivity index (χ1) is 12.2. The van der Waals surface area contributed by atoms with Crippen LogP contribution >= 0.6 is 0 Å². The second-order valence-corrected chi connectivity index (χ2v) is 7.01. The van der Waals surface area contributed by atoms with Crippen LogP contribution in [0.2, 0.25) is 0 Å². The Hall–Kier alpha value is -2.57. The van der Waals surface area contributed by atoms with E-state index in [0.29, 0.717) is 23.5 Å². The molecule has 0 saturated carbocycles. The van der Waals surface area contributed by atoms with Gasteiger partial charge in [0, 0.05) is 18.9 Å². The summed E-state index contributed by atoms with van der Waals surface area (Å²) >= 11 is 0. The van der Waals surface area contributed by atoms with E-state index in [9.17, 15) is 18.0 Å². The molecule has 0 radical (unpaired) electrons. The number of rotatable bonds is 5. The smallest absolute Gasteiger partial charge is 0.313 e. The van der Waals surface area contributed by atoms with Crippen LogP contribution in [0.25, 0.3) is 0 Å². The second kappa shape index (κ2) is 6.97. The van der Waals surface area contributed by atoms with Crippen molar-refractivity contribution in [2.24, 2.45) is 0 Å². The van der Waals surface area contributed by atoms with Gasteiger partial charge in [0.05, 0.1) is 18.5 Å². The van der Waals surface area contributed by atoms with E-state index in [0.717, 1.165) is 0 Å². The number of hydrogen-bond acceptors (Lipinski definition) is 7. The van der Waals surface area contributed by atoms with Gasteiger partial charge in [0.25, 0.3) is 0 Å². The normalized spacial score (nSPS) is 22.4. The zero-order valence-corrected chi connectivity index (χ0v) is 14.3. The number of fused-ring (bicyclic) bond motifs is 2. The quantitative estimate of drug-likeness (QED) is 0.359. The van der Waals surface area contributed by atoms with Gasteiger partial charge in [0.2, 0.25) is 5.91 Å². The number of nitrogens with zero attached hydrogens (tertiary/aromatic N) is 3. The summed E-state index contributed by atoms with van der Waals surface area (Å²) in [5.74, 6) is -0.567. The van der Waals surface area contributed by atoms with Crippen molar-refractivity contribution in [3.8, 4) is 0 Å². The van der Waals surface area contributed by atoms with E-state index < -0.39 is 34.4 Å². The number of carbonyl (C=O) groups excluding carboxylic acids is 2. The Labute approximate surface area is 149 Å². The van der Waals surface area contributed by atoms with E-state index in [1.54, 1.807) is 24.5 Å². The lowest BCUT2D eigenvalue weighted by atomic mass is 10.00. The Kier molecular flexibility index (Phi) is 4.89. The molecule has 2 unspecified atom stereocenters. The summed E-state index contributed by atoms with van der Waals surface area (Å²) in [5.41, 5.74) is 0.687. The van der Waals surface area contributed by atoms with Crippen LogP contribution in [0.3, 0.4) is 0 Å². The minimum Gasteiger partial charge on any atom is -0.313 e. The van der Waals surface area contributed by atoms with Crippen LogP contribution in [-0.2, 0) is 25.9 Å². The maximum atomic E-state index is 12.3. The highest BCUT2D eigenvalue weighted by atomic mass is 32.3. The molecule has 1 aromatic rings. The number of piperidine rings is 1. The lowest BCUT2D eigenvalue weighted by molar-refractivity contribution is -0.119. The van der Waals surface area contributed by atoms with E-state index in [4.69, 9.17) is 9.96 Å². The lowest BCUT2D eigenvalue weighted by Gasteiger charge is -2.30. The summed E-state index contributed by atoms with van der Waals surface area (Å²) in [6.45, 7) is 0.139. The van der Waals surface area contributed by atoms with Crippen LogP contribution in [0.1, 0.15) is 18.4 Å². The number of amidine groups is 1. The fraction of sp³-hybridized carbons (Fsp3) is 0.429. The van der Waals surface area contributed by atoms with Crippen molar-refractivity contribution in [2.75, 3.05) is 6.54 Å². The van der Waals surface area contributed by atoms with E-state index in [1.807, 2.05) is 0 Å². The molecule has 2 saturated heterocycles. The molecule has 2 fully saturated rings. The average molecular weight is 383 g/mol. The van der Waals surface area contributed by atoms with Crippen molar-refractivity contribution >= 4 is 28.2 Å². The molecule has 3 amide bonds. The third-order valence-electron chi connectivity index (χ3n) is 4.19. The summed E-state index contributed by atoms with van der Waals surface area (Å²) in [5, 5.41) is 11.2. The highest BCUT2D eigenvalue weighted by molar-refractivity contribution is 7.80. The van der Waals surface area contributed by atoms with Gasteiger partial charge in [-0.2, -0.15) is 13.5 Å². The summed E-state index contributed by atoms with van der Waals surface area (Å²) in [6, 6.07) is 1.41. The molecular formula is C14H17N5O6S. The van der Waals surface area contributed by atoms with Crippen molar-refractivity contribution in [1.29, 1.82) is 5.41 Å². The summed E-state index contributed by atoms with van der Waals surface area (Å²) in [7, 11) is -4.82. The molecule has 0 aliphatic carbocycles. The maximum Gasteiger partial charge on any atom is 0.418 e. The molecule has 3 rings (SSSR count). The van der Waals surface area contributed by atoms with E-state index in [2.05, 4.69) is 14.6 Å². The Bertz CT molecular complexity index is 829. The number of carbonyl (C=O) groups is 2. The SMILES string of the molecule is N=C(NC(=O)Cc1cccnc1)C1CCC2CN1C(=O)N2OS(=O)(=O)O. The molecule has 11 nitrogen and oxygen atoms in total. The fourth-order valence-electron chi connectivity index (χ4n) is 3.10. The number of urea groups is 1. The van der Waals surface area contributed by atoms with Crippen molar-refractivity contribution < 1.29 is 26.8 Å². The summed E-state index contributed by atoms with van der Waals surface area (Å²) < 4.78 is 34.8. The molecule has 140 valence electrons. The molecule has 3 heterocycles. The Morgan fingerprint density at radius 1 is 1.46 bits per heavy atom. The zero-order valence-electron chi connectivity index (χ0n) is 13.5. The Balaban J connectivity index is 1.62. The molecule has 1 aromatic heterocycles. The van der Waals surface area contributed by atoms with Crippen molar-refractivity contribution in [3.63, 3.8) is 0 Å². The lowest BCUT2D eigenvalue weighted by Crippen LogP contribution is -2.51. The molecule has 2 aliphatic heterocycles. The molecular weight excluding hydrogens is 366 g/mol. The van der Waals surface area contributed by atoms with Crippen molar-refractivity contribution in [1.82, 2.24) is 20.3 Å². The van der Waals surface area contributed by atoms with Crippen LogP contribution in [0.4, 0.5) is 4.79 Å². The van der Waals surface area contributed by atoms with Crippen LogP contribution in [0.5, 0.6) is 0 Å². The topological polar surface area (TPSA) is 153 Å². The van der Waals surface area contributed by atoms with Crippen LogP contribution in [-0.4, -0.2) is 64.3 Å². The number of amides is 3. The highest BCUT2D eigenvalue weighted by Gasteiger charge is 2.48. The number of pyridine rings is 1. The largest absolute Gasteiger partial charge is 0.418 e. The first-order valence-electron chi connectivity index (χ1n) is 7.78. The predicted octanol–water partition coefficient (Wildman–Crippen LogP) is -0.279. The minimum atomic E-state index is -4.82. The first-order valence-corrected chi connectivity index (χ1v) is 9.15. The summed E-state index contributed by atoms with van der Waals surface area (Å²) in [4.78, 5) is 29.5. The Morgan fingerprint density at radius 3 is 2.88 bits per heavy atom. The standard InChI is InChI=1S/C14H17N5O6S/c15-13(17-12(20)6-9-2-1-5-16-7-9)11-4-3-10-8-18(11)14(21)19(10)25-26(22,23)24/h1-2,5,7,10-11H,3-4,6,8H2,(H2,15,17,20)(H,22,23,24). The van der Waals surface area contributed by atoms with E-state index in [-0.39, 0.29) is 18.8 Å². The Morgan fingerprint density at radius 2 is 2.23 bits per heavy atom. The van der Waals surface area contributed by atoms with Gasteiger partial charge in [-0.15, -0.1) is 4.28 Å². The van der Waals surface area contributed by atoms with Gasteiger partial charge < -0.3 is 10.2 Å². The number of aromatic nitrogens is 1. The zero-order chi connectivity index (χ0) is 18.9. The predicted molar refractivity (Wildman–Crippen MR) is 87.2 cm³/mol. The van der Waals surface area contributed by atoms with Gasteiger partial charge in [-0.25, -0.2) is 4.79 Å². The maximum absolute atomic E-state index is 12.3. The minimum absolute atomic E-state index is 0.0392. The van der Waals surface area contributed by atoms with Gasteiger partial charge in [-0.05, 0) is 24.5 Å². The average Bonchev–Trinajstić information content (AvgIpc) is 2.79. The molecule has 0 aromatic carbocycles. The molecule has 12 heteroatoms. The number of hydrogen-bond donors (Lipinski definition) is 3. The number of hydroxylamine groups is 2. The highest BCUT2D eigenvalue weighted by Crippen LogP contribution is 2.30. The third kappa shape index (κ3) is 3.98. The third-order valence-corrected chi connectivity index (χ3v) is 4.54.